The Kier molecular flexibility index (Phi) is 6.81. The van der Waals surface area contributed by atoms with Crippen LogP contribution in [0.5, 0.6) is 5.75 Å². The molecule has 1 unspecified atom stereocenters. The average Bonchev–Trinajstić information content (AvgIpc) is 2.68. The molecule has 1 aliphatic heterocycles. The van der Waals surface area contributed by atoms with Crippen LogP contribution in [0.3, 0.4) is 0 Å². The van der Waals surface area contributed by atoms with Gasteiger partial charge in [0.2, 0.25) is 0 Å². The Bertz CT molecular complexity index is 951. The Balaban J connectivity index is 2.23. The van der Waals surface area contributed by atoms with E-state index < -0.39 is 17.7 Å². The summed E-state index contributed by atoms with van der Waals surface area (Å²) in [6.45, 7) is 6.33. The number of rotatable bonds is 7. The minimum atomic E-state index is -1.01. The molecule has 1 aromatic carbocycles. The first-order chi connectivity index (χ1) is 14.7. The zero-order valence-electron chi connectivity index (χ0n) is 18.1. The Morgan fingerprint density at radius 3 is 2.77 bits per heavy atom. The number of allylic oxidation sites excluding steroid dienone is 2. The molecule has 2 aliphatic rings. The third-order valence-corrected chi connectivity index (χ3v) is 5.42. The molecule has 3 rings (SSSR count). The van der Waals surface area contributed by atoms with Gasteiger partial charge in [-0.05, 0) is 37.0 Å². The highest BCUT2D eigenvalue weighted by Crippen LogP contribution is 2.47. The molecule has 0 bridgehead atoms. The number of ether oxygens (including phenoxy) is 2. The summed E-state index contributed by atoms with van der Waals surface area (Å²) in [6.07, 6.45) is 0.807. The van der Waals surface area contributed by atoms with Crippen molar-refractivity contribution in [2.24, 2.45) is 11.1 Å². The fourth-order valence-corrected chi connectivity index (χ4v) is 4.23. The summed E-state index contributed by atoms with van der Waals surface area (Å²) in [4.78, 5) is 26.2. The van der Waals surface area contributed by atoms with E-state index in [4.69, 9.17) is 15.2 Å². The second-order valence-electron chi connectivity index (χ2n) is 8.55. The second kappa shape index (κ2) is 9.20. The third kappa shape index (κ3) is 4.80. The van der Waals surface area contributed by atoms with Crippen molar-refractivity contribution in [3.63, 3.8) is 0 Å². The van der Waals surface area contributed by atoms with Crippen LogP contribution >= 0.6 is 0 Å². The summed E-state index contributed by atoms with van der Waals surface area (Å²) >= 11 is 0. The third-order valence-electron chi connectivity index (χ3n) is 5.42. The van der Waals surface area contributed by atoms with Crippen molar-refractivity contribution in [3.8, 4) is 5.75 Å². The zero-order chi connectivity index (χ0) is 22.8. The molecule has 0 saturated heterocycles. The smallest absolute Gasteiger partial charge is 0.336 e. The van der Waals surface area contributed by atoms with Gasteiger partial charge in [0.25, 0.3) is 0 Å². The van der Waals surface area contributed by atoms with Gasteiger partial charge < -0.3 is 25.6 Å². The standard InChI is InChI=1S/C23H29FN2O5/c1-4-31-22(29)21-17(12-30-8-7-25)26-16-10-23(2,3)11-18(28)20(16)19(21)14-9-13(27)5-6-15(14)24/h5-6,9,19,26-27H,4,7-8,10-12,25H2,1-3H3. The lowest BCUT2D eigenvalue weighted by atomic mass is 9.68. The molecule has 1 heterocycles. The molecule has 0 saturated carbocycles. The summed E-state index contributed by atoms with van der Waals surface area (Å²) in [7, 11) is 0. The number of nitrogens with one attached hydrogen (secondary N) is 1. The molecular formula is C23H29FN2O5. The van der Waals surface area contributed by atoms with Crippen molar-refractivity contribution < 1.29 is 28.6 Å². The van der Waals surface area contributed by atoms with Crippen LogP contribution in [0, 0.1) is 11.2 Å². The Morgan fingerprint density at radius 2 is 2.10 bits per heavy atom. The number of phenols is 1. The SMILES string of the molecule is CCOC(=O)C1=C(COCCN)NC2=C(C(=O)CC(C)(C)C2)C1c1cc(O)ccc1F. The van der Waals surface area contributed by atoms with Crippen molar-refractivity contribution in [2.45, 2.75) is 39.5 Å². The van der Waals surface area contributed by atoms with Gasteiger partial charge in [0, 0.05) is 29.8 Å². The average molecular weight is 432 g/mol. The Morgan fingerprint density at radius 1 is 1.35 bits per heavy atom. The Labute approximate surface area is 181 Å². The molecule has 0 aromatic heterocycles. The predicted octanol–water partition coefficient (Wildman–Crippen LogP) is 2.65. The maximum Gasteiger partial charge on any atom is 0.336 e. The van der Waals surface area contributed by atoms with E-state index in [1.54, 1.807) is 6.92 Å². The Hall–Kier alpha value is -2.71. The van der Waals surface area contributed by atoms with Crippen LogP contribution in [-0.2, 0) is 19.1 Å². The lowest BCUT2D eigenvalue weighted by Gasteiger charge is -2.40. The molecule has 0 spiro atoms. The molecule has 1 aliphatic carbocycles. The highest BCUT2D eigenvalue weighted by atomic mass is 19.1. The second-order valence-corrected chi connectivity index (χ2v) is 8.55. The molecular weight excluding hydrogens is 403 g/mol. The number of halogens is 1. The summed E-state index contributed by atoms with van der Waals surface area (Å²) in [5, 5.41) is 13.2. The number of nitrogens with two attached hydrogens (primary N) is 1. The van der Waals surface area contributed by atoms with Crippen molar-refractivity contribution in [2.75, 3.05) is 26.4 Å². The van der Waals surface area contributed by atoms with Crippen LogP contribution in [0.1, 0.15) is 45.1 Å². The van der Waals surface area contributed by atoms with Crippen molar-refractivity contribution in [3.05, 3.63) is 52.1 Å². The quantitative estimate of drug-likeness (QED) is 0.449. The normalized spacial score (nSPS) is 20.4. The van der Waals surface area contributed by atoms with Crippen LogP contribution in [-0.4, -0.2) is 43.2 Å². The van der Waals surface area contributed by atoms with Gasteiger partial charge in [-0.25, -0.2) is 9.18 Å². The number of aromatic hydroxyl groups is 1. The largest absolute Gasteiger partial charge is 0.508 e. The van der Waals surface area contributed by atoms with E-state index in [0.717, 1.165) is 6.07 Å². The van der Waals surface area contributed by atoms with Gasteiger partial charge in [0.05, 0.1) is 37.0 Å². The molecule has 1 atom stereocenters. The summed E-state index contributed by atoms with van der Waals surface area (Å²) in [5.41, 5.74) is 6.74. The number of dihydropyridines is 1. The number of hydrogen-bond donors (Lipinski definition) is 3. The number of esters is 1. The zero-order valence-corrected chi connectivity index (χ0v) is 18.1. The molecule has 1 aromatic rings. The summed E-state index contributed by atoms with van der Waals surface area (Å²) in [6, 6.07) is 3.60. The summed E-state index contributed by atoms with van der Waals surface area (Å²) in [5.74, 6) is -2.64. The fourth-order valence-electron chi connectivity index (χ4n) is 4.23. The highest BCUT2D eigenvalue weighted by molar-refractivity contribution is 6.04. The molecule has 31 heavy (non-hydrogen) atoms. The minimum Gasteiger partial charge on any atom is -0.508 e. The number of ketones is 1. The van der Waals surface area contributed by atoms with Gasteiger partial charge in [-0.2, -0.15) is 0 Å². The number of phenolic OH excluding ortho intramolecular Hbond substituents is 1. The lowest BCUT2D eigenvalue weighted by molar-refractivity contribution is -0.139. The first-order valence-corrected chi connectivity index (χ1v) is 10.4. The van der Waals surface area contributed by atoms with E-state index in [1.807, 2.05) is 13.8 Å². The maximum atomic E-state index is 15.0. The predicted molar refractivity (Wildman–Crippen MR) is 113 cm³/mol. The number of benzene rings is 1. The fraction of sp³-hybridized carbons (Fsp3) is 0.478. The molecule has 0 fully saturated rings. The molecule has 168 valence electrons. The number of carbonyl (C=O) groups excluding carboxylic acids is 2. The molecule has 7 nitrogen and oxygen atoms in total. The van der Waals surface area contributed by atoms with E-state index in [1.165, 1.54) is 12.1 Å². The van der Waals surface area contributed by atoms with Crippen molar-refractivity contribution in [1.82, 2.24) is 5.32 Å². The number of Topliss-reactive ketones (excluding diaryl/α,β-unsaturated/α-hetero) is 1. The first-order valence-electron chi connectivity index (χ1n) is 10.4. The highest BCUT2D eigenvalue weighted by Gasteiger charge is 2.44. The van der Waals surface area contributed by atoms with Gasteiger partial charge in [-0.1, -0.05) is 13.8 Å². The van der Waals surface area contributed by atoms with Gasteiger partial charge in [-0.3, -0.25) is 4.79 Å². The molecule has 0 radical (unpaired) electrons. The van der Waals surface area contributed by atoms with E-state index in [9.17, 15) is 19.1 Å². The van der Waals surface area contributed by atoms with Crippen molar-refractivity contribution >= 4 is 11.8 Å². The van der Waals surface area contributed by atoms with E-state index in [0.29, 0.717) is 29.9 Å². The number of carbonyl (C=O) groups is 2. The summed E-state index contributed by atoms with van der Waals surface area (Å²) < 4.78 is 25.8. The molecule has 4 N–H and O–H groups in total. The monoisotopic (exact) mass is 432 g/mol. The van der Waals surface area contributed by atoms with Gasteiger partial charge in [-0.15, -0.1) is 0 Å². The van der Waals surface area contributed by atoms with Crippen LogP contribution < -0.4 is 11.1 Å². The number of hydrogen-bond acceptors (Lipinski definition) is 7. The van der Waals surface area contributed by atoms with Gasteiger partial charge >= 0.3 is 5.97 Å². The molecule has 8 heteroatoms. The van der Waals surface area contributed by atoms with Crippen LogP contribution in [0.4, 0.5) is 4.39 Å². The van der Waals surface area contributed by atoms with E-state index in [-0.39, 0.29) is 54.3 Å². The first kappa shape index (κ1) is 23.0. The van der Waals surface area contributed by atoms with Crippen LogP contribution in [0.25, 0.3) is 0 Å². The lowest BCUT2D eigenvalue weighted by Crippen LogP contribution is -2.40. The molecule has 0 amide bonds. The van der Waals surface area contributed by atoms with E-state index >= 15 is 0 Å². The van der Waals surface area contributed by atoms with Crippen LogP contribution in [0.2, 0.25) is 0 Å². The van der Waals surface area contributed by atoms with Gasteiger partial charge in [0.15, 0.2) is 5.78 Å². The minimum absolute atomic E-state index is 0.0215. The van der Waals surface area contributed by atoms with Crippen LogP contribution in [0.15, 0.2) is 40.7 Å². The topological polar surface area (TPSA) is 111 Å². The maximum absolute atomic E-state index is 15.0. The van der Waals surface area contributed by atoms with Gasteiger partial charge in [0.1, 0.15) is 11.6 Å². The van der Waals surface area contributed by atoms with E-state index in [2.05, 4.69) is 5.32 Å². The van der Waals surface area contributed by atoms with Crippen molar-refractivity contribution in [1.29, 1.82) is 0 Å².